The van der Waals surface area contributed by atoms with Crippen LogP contribution in [0.3, 0.4) is 0 Å². The number of rotatable bonds is 2. The van der Waals surface area contributed by atoms with Crippen molar-refractivity contribution in [3.8, 4) is 0 Å². The van der Waals surface area contributed by atoms with Crippen LogP contribution in [-0.4, -0.2) is 11.6 Å². The Hall–Kier alpha value is -2.56. The Bertz CT molecular complexity index is 1030. The molecule has 3 aromatic rings. The van der Waals surface area contributed by atoms with Gasteiger partial charge in [-0.25, -0.2) is 0 Å². The maximum atomic E-state index is 12.9. The summed E-state index contributed by atoms with van der Waals surface area (Å²) in [6, 6.07) is 17.9. The average molecular weight is 366 g/mol. The van der Waals surface area contributed by atoms with E-state index < -0.39 is 0 Å². The average Bonchev–Trinajstić information content (AvgIpc) is 2.61. The summed E-state index contributed by atoms with van der Waals surface area (Å²) in [5, 5.41) is 0.437. The van der Waals surface area contributed by atoms with E-state index in [2.05, 4.69) is 0 Å². The van der Waals surface area contributed by atoms with Crippen LogP contribution in [0, 0.1) is 0 Å². The molecule has 1 aliphatic carbocycles. The maximum absolute atomic E-state index is 12.9. The van der Waals surface area contributed by atoms with E-state index in [0.29, 0.717) is 27.4 Å². The lowest BCUT2D eigenvalue weighted by molar-refractivity contribution is 0.0979. The van der Waals surface area contributed by atoms with Crippen LogP contribution in [0.25, 0.3) is 0 Å². The highest BCUT2D eigenvalue weighted by Crippen LogP contribution is 2.39. The van der Waals surface area contributed by atoms with Crippen LogP contribution in [0.4, 0.5) is 5.69 Å². The highest BCUT2D eigenvalue weighted by Gasteiger charge is 2.32. The number of ketones is 2. The molecule has 0 saturated heterocycles. The Balaban J connectivity index is 1.84. The summed E-state index contributed by atoms with van der Waals surface area (Å²) in [5.74, 6) is -0.468. The van der Waals surface area contributed by atoms with E-state index in [-0.39, 0.29) is 17.1 Å². The van der Waals surface area contributed by atoms with Gasteiger partial charge in [-0.1, -0.05) is 53.7 Å². The first-order chi connectivity index (χ1) is 12.1. The van der Waals surface area contributed by atoms with E-state index >= 15 is 0 Å². The smallest absolute Gasteiger partial charge is 0.196 e. The minimum atomic E-state index is -0.263. The molecule has 25 heavy (non-hydrogen) atoms. The number of anilines is 1. The molecule has 0 amide bonds. The highest BCUT2D eigenvalue weighted by atomic mass is 35.5. The van der Waals surface area contributed by atoms with Crippen LogP contribution in [0.1, 0.15) is 31.8 Å². The number of carbonyl (C=O) groups excluding carboxylic acids is 2. The topological polar surface area (TPSA) is 60.2 Å². The van der Waals surface area contributed by atoms with Crippen molar-refractivity contribution >= 4 is 40.6 Å². The second kappa shape index (κ2) is 6.06. The van der Waals surface area contributed by atoms with Crippen molar-refractivity contribution in [2.45, 2.75) is 9.79 Å². The van der Waals surface area contributed by atoms with Gasteiger partial charge in [-0.15, -0.1) is 0 Å². The third-order valence-electron chi connectivity index (χ3n) is 4.10. The molecule has 0 bridgehead atoms. The summed E-state index contributed by atoms with van der Waals surface area (Å²) >= 11 is 7.83. The second-order valence-electron chi connectivity index (χ2n) is 5.67. The number of nitrogens with two attached hydrogens (primary N) is 1. The van der Waals surface area contributed by atoms with E-state index in [0.717, 1.165) is 9.79 Å². The van der Waals surface area contributed by atoms with Crippen molar-refractivity contribution < 1.29 is 9.59 Å². The molecule has 0 aliphatic heterocycles. The third-order valence-corrected chi connectivity index (χ3v) is 5.59. The van der Waals surface area contributed by atoms with Crippen molar-refractivity contribution in [1.82, 2.24) is 0 Å². The molecule has 0 saturated carbocycles. The molecule has 0 fully saturated rings. The molecule has 122 valence electrons. The Kier molecular flexibility index (Phi) is 3.86. The number of carbonyl (C=O) groups is 2. The Morgan fingerprint density at radius 3 is 2.28 bits per heavy atom. The summed E-state index contributed by atoms with van der Waals surface area (Å²) < 4.78 is 0. The number of halogens is 1. The van der Waals surface area contributed by atoms with Gasteiger partial charge in [0.25, 0.3) is 0 Å². The van der Waals surface area contributed by atoms with Gasteiger partial charge < -0.3 is 5.73 Å². The van der Waals surface area contributed by atoms with Gasteiger partial charge in [-0.05, 0) is 30.3 Å². The molecule has 0 spiro atoms. The van der Waals surface area contributed by atoms with Crippen LogP contribution >= 0.6 is 23.4 Å². The minimum Gasteiger partial charge on any atom is -0.398 e. The summed E-state index contributed by atoms with van der Waals surface area (Å²) in [6.45, 7) is 0. The summed E-state index contributed by atoms with van der Waals surface area (Å²) in [7, 11) is 0. The van der Waals surface area contributed by atoms with E-state index in [1.54, 1.807) is 30.3 Å². The lowest BCUT2D eigenvalue weighted by Gasteiger charge is -2.20. The standard InChI is InChI=1S/C20H12ClNO2S/c21-15-9-13-14(10-17(15)25-11-5-2-1-3-6-11)19(23)12-7-4-8-16(22)18(12)20(13)24/h1-10H,22H2. The Morgan fingerprint density at radius 1 is 0.800 bits per heavy atom. The van der Waals surface area contributed by atoms with Gasteiger partial charge in [-0.3, -0.25) is 9.59 Å². The monoisotopic (exact) mass is 365 g/mol. The van der Waals surface area contributed by atoms with Crippen molar-refractivity contribution in [2.75, 3.05) is 5.73 Å². The van der Waals surface area contributed by atoms with Crippen molar-refractivity contribution in [1.29, 1.82) is 0 Å². The van der Waals surface area contributed by atoms with Gasteiger partial charge in [0.2, 0.25) is 0 Å². The first kappa shape index (κ1) is 15.9. The fraction of sp³-hybridized carbons (Fsp3) is 0. The zero-order chi connectivity index (χ0) is 17.6. The first-order valence-corrected chi connectivity index (χ1v) is 8.80. The molecule has 2 N–H and O–H groups in total. The van der Waals surface area contributed by atoms with Crippen molar-refractivity contribution in [3.63, 3.8) is 0 Å². The third kappa shape index (κ3) is 2.64. The van der Waals surface area contributed by atoms with Gasteiger partial charge in [0.05, 0.1) is 10.6 Å². The number of hydrogen-bond acceptors (Lipinski definition) is 4. The molecule has 0 heterocycles. The van der Waals surface area contributed by atoms with Crippen LogP contribution in [0.15, 0.2) is 70.5 Å². The molecule has 1 aliphatic rings. The summed E-state index contributed by atoms with van der Waals surface area (Å²) in [5.41, 5.74) is 7.49. The number of benzene rings is 3. The number of hydrogen-bond donors (Lipinski definition) is 1. The number of nitrogen functional groups attached to an aromatic ring is 1. The summed E-state index contributed by atoms with van der Waals surface area (Å²) in [6.07, 6.45) is 0. The number of fused-ring (bicyclic) bond motifs is 2. The zero-order valence-electron chi connectivity index (χ0n) is 13.0. The Morgan fingerprint density at radius 2 is 1.52 bits per heavy atom. The van der Waals surface area contributed by atoms with E-state index in [4.69, 9.17) is 17.3 Å². The molecule has 5 heteroatoms. The SMILES string of the molecule is Nc1cccc2c1C(=O)c1cc(Cl)c(Sc3ccccc3)cc1C2=O. The van der Waals surface area contributed by atoms with Crippen molar-refractivity contribution in [2.24, 2.45) is 0 Å². The molecule has 0 radical (unpaired) electrons. The minimum absolute atomic E-state index is 0.205. The Labute approximate surface area is 153 Å². The second-order valence-corrected chi connectivity index (χ2v) is 7.19. The molecular formula is C20H12ClNO2S. The predicted octanol–water partition coefficient (Wildman–Crippen LogP) is 4.85. The van der Waals surface area contributed by atoms with E-state index in [1.807, 2.05) is 30.3 Å². The van der Waals surface area contributed by atoms with Crippen molar-refractivity contribution in [3.05, 3.63) is 87.9 Å². The molecular weight excluding hydrogens is 354 g/mol. The van der Waals surface area contributed by atoms with Gasteiger partial charge >= 0.3 is 0 Å². The quantitative estimate of drug-likeness (QED) is 0.516. The molecule has 0 aromatic heterocycles. The maximum Gasteiger partial charge on any atom is 0.196 e. The highest BCUT2D eigenvalue weighted by molar-refractivity contribution is 7.99. The first-order valence-electron chi connectivity index (χ1n) is 7.60. The van der Waals surface area contributed by atoms with Gasteiger partial charge in [0, 0.05) is 32.2 Å². The van der Waals surface area contributed by atoms with Gasteiger partial charge in [0.1, 0.15) is 0 Å². The van der Waals surface area contributed by atoms with Crippen LogP contribution in [0.5, 0.6) is 0 Å². The van der Waals surface area contributed by atoms with Crippen LogP contribution < -0.4 is 5.73 Å². The van der Waals surface area contributed by atoms with Crippen LogP contribution in [0.2, 0.25) is 5.02 Å². The predicted molar refractivity (Wildman–Crippen MR) is 99.7 cm³/mol. The van der Waals surface area contributed by atoms with E-state index in [1.165, 1.54) is 11.8 Å². The summed E-state index contributed by atoms with van der Waals surface area (Å²) in [4.78, 5) is 27.4. The fourth-order valence-corrected chi connectivity index (χ4v) is 4.08. The lowest BCUT2D eigenvalue weighted by Crippen LogP contribution is -2.22. The zero-order valence-corrected chi connectivity index (χ0v) is 14.5. The normalized spacial score (nSPS) is 12.7. The molecule has 3 nitrogen and oxygen atoms in total. The van der Waals surface area contributed by atoms with Crippen LogP contribution in [-0.2, 0) is 0 Å². The molecule has 3 aromatic carbocycles. The molecule has 0 unspecified atom stereocenters. The largest absolute Gasteiger partial charge is 0.398 e. The van der Waals surface area contributed by atoms with Gasteiger partial charge in [0.15, 0.2) is 11.6 Å². The lowest BCUT2D eigenvalue weighted by atomic mass is 9.83. The van der Waals surface area contributed by atoms with Gasteiger partial charge in [-0.2, -0.15) is 0 Å². The van der Waals surface area contributed by atoms with E-state index in [9.17, 15) is 9.59 Å². The molecule has 4 rings (SSSR count). The fourth-order valence-electron chi connectivity index (χ4n) is 2.92. The molecule has 0 atom stereocenters.